The normalized spacial score (nSPS) is 14.3. The molecule has 0 unspecified atom stereocenters. The van der Waals surface area contributed by atoms with E-state index in [2.05, 4.69) is 5.32 Å². The first kappa shape index (κ1) is 19.2. The van der Waals surface area contributed by atoms with Crippen LogP contribution in [0.2, 0.25) is 0 Å². The first-order chi connectivity index (χ1) is 11.7. The number of amides is 1. The molecule has 1 fully saturated rings. The van der Waals surface area contributed by atoms with Gasteiger partial charge in [-0.05, 0) is 42.7 Å². The molecule has 0 radical (unpaired) electrons. The molecule has 0 heterocycles. The van der Waals surface area contributed by atoms with Gasteiger partial charge in [-0.15, -0.1) is 12.4 Å². The largest absolute Gasteiger partial charge is 0.491 e. The molecule has 1 saturated carbocycles. The van der Waals surface area contributed by atoms with E-state index in [1.807, 2.05) is 54.6 Å². The van der Waals surface area contributed by atoms with Gasteiger partial charge in [0.1, 0.15) is 12.4 Å². The molecule has 0 aliphatic heterocycles. The molecule has 1 aliphatic rings. The molecule has 2 aromatic carbocycles. The van der Waals surface area contributed by atoms with E-state index in [0.717, 1.165) is 29.8 Å². The molecule has 0 bridgehead atoms. The summed E-state index contributed by atoms with van der Waals surface area (Å²) in [5, 5.41) is 2.86. The van der Waals surface area contributed by atoms with E-state index in [4.69, 9.17) is 15.2 Å². The predicted molar refractivity (Wildman–Crippen MR) is 100 cm³/mol. The average Bonchev–Trinajstić information content (AvgIpc) is 3.35. The van der Waals surface area contributed by atoms with Crippen LogP contribution in [0.4, 0.5) is 5.69 Å². The van der Waals surface area contributed by atoms with E-state index in [9.17, 15) is 4.79 Å². The quantitative estimate of drug-likeness (QED) is 0.707. The van der Waals surface area contributed by atoms with Crippen LogP contribution in [0.25, 0.3) is 0 Å². The highest BCUT2D eigenvalue weighted by molar-refractivity contribution is 6.00. The molecule has 3 rings (SSSR count). The number of hydrogen-bond donors (Lipinski definition) is 2. The summed E-state index contributed by atoms with van der Waals surface area (Å²) >= 11 is 0. The van der Waals surface area contributed by atoms with Crippen molar-refractivity contribution in [3.05, 3.63) is 60.2 Å². The number of anilines is 1. The third-order valence-electron chi connectivity index (χ3n) is 3.93. The Labute approximate surface area is 153 Å². The van der Waals surface area contributed by atoms with Gasteiger partial charge in [-0.2, -0.15) is 0 Å². The van der Waals surface area contributed by atoms with E-state index in [1.54, 1.807) is 0 Å². The highest BCUT2D eigenvalue weighted by atomic mass is 35.5. The third-order valence-corrected chi connectivity index (χ3v) is 3.93. The van der Waals surface area contributed by atoms with Gasteiger partial charge >= 0.3 is 0 Å². The number of carbonyl (C=O) groups excluding carboxylic acids is 1. The van der Waals surface area contributed by atoms with E-state index in [1.165, 1.54) is 0 Å². The maximum absolute atomic E-state index is 12.0. The van der Waals surface area contributed by atoms with E-state index in [0.29, 0.717) is 19.8 Å². The van der Waals surface area contributed by atoms with Crippen LogP contribution >= 0.6 is 12.4 Å². The van der Waals surface area contributed by atoms with Crippen molar-refractivity contribution in [3.8, 4) is 5.75 Å². The lowest BCUT2D eigenvalue weighted by atomic mass is 10.2. The zero-order chi connectivity index (χ0) is 16.8. The van der Waals surface area contributed by atoms with Crippen LogP contribution in [0.5, 0.6) is 5.75 Å². The smallest absolute Gasteiger partial charge is 0.244 e. The topological polar surface area (TPSA) is 73.6 Å². The zero-order valence-electron chi connectivity index (χ0n) is 13.9. The molecule has 1 amide bonds. The summed E-state index contributed by atoms with van der Waals surface area (Å²) in [6.45, 7) is 1.46. The van der Waals surface area contributed by atoms with Crippen molar-refractivity contribution in [1.82, 2.24) is 0 Å². The SMILES string of the molecule is Cl.NC1(C(=O)Nc2cccc(COCCOc3ccccc3)c2)CC1. The summed E-state index contributed by atoms with van der Waals surface area (Å²) in [7, 11) is 0. The molecular formula is C19H23ClN2O3. The predicted octanol–water partition coefficient (Wildman–Crippen LogP) is 3.13. The monoisotopic (exact) mass is 362 g/mol. The molecule has 0 aromatic heterocycles. The molecule has 25 heavy (non-hydrogen) atoms. The Hall–Kier alpha value is -2.08. The summed E-state index contributed by atoms with van der Waals surface area (Å²) in [5.74, 6) is 0.721. The molecule has 0 saturated heterocycles. The van der Waals surface area contributed by atoms with Gasteiger partial charge in [0.25, 0.3) is 0 Å². The Morgan fingerprint density at radius 1 is 1.08 bits per heavy atom. The second-order valence-corrected chi connectivity index (χ2v) is 6.02. The maximum Gasteiger partial charge on any atom is 0.244 e. The fourth-order valence-electron chi connectivity index (χ4n) is 2.28. The van der Waals surface area contributed by atoms with Gasteiger partial charge in [-0.1, -0.05) is 30.3 Å². The average molecular weight is 363 g/mol. The first-order valence-corrected chi connectivity index (χ1v) is 8.11. The van der Waals surface area contributed by atoms with Crippen LogP contribution in [0.15, 0.2) is 54.6 Å². The number of para-hydroxylation sites is 1. The summed E-state index contributed by atoms with van der Waals surface area (Å²) in [5.41, 5.74) is 6.96. The lowest BCUT2D eigenvalue weighted by Crippen LogP contribution is -2.37. The van der Waals surface area contributed by atoms with Crippen molar-refractivity contribution in [3.63, 3.8) is 0 Å². The van der Waals surface area contributed by atoms with Gasteiger partial charge in [0.05, 0.1) is 18.8 Å². The Morgan fingerprint density at radius 3 is 2.56 bits per heavy atom. The van der Waals surface area contributed by atoms with Gasteiger partial charge in [0.15, 0.2) is 0 Å². The van der Waals surface area contributed by atoms with Gasteiger partial charge in [-0.3, -0.25) is 4.79 Å². The van der Waals surface area contributed by atoms with Crippen LogP contribution in [-0.2, 0) is 16.1 Å². The number of benzene rings is 2. The molecule has 3 N–H and O–H groups in total. The van der Waals surface area contributed by atoms with E-state index < -0.39 is 5.54 Å². The number of ether oxygens (including phenoxy) is 2. The highest BCUT2D eigenvalue weighted by Crippen LogP contribution is 2.33. The Balaban J connectivity index is 0.00000225. The summed E-state index contributed by atoms with van der Waals surface area (Å²) < 4.78 is 11.2. The number of rotatable bonds is 8. The number of nitrogens with one attached hydrogen (secondary N) is 1. The van der Waals surface area contributed by atoms with E-state index >= 15 is 0 Å². The minimum absolute atomic E-state index is 0. The maximum atomic E-state index is 12.0. The molecule has 0 atom stereocenters. The van der Waals surface area contributed by atoms with Crippen LogP contribution in [0, 0.1) is 0 Å². The number of halogens is 1. The zero-order valence-corrected chi connectivity index (χ0v) is 14.8. The van der Waals surface area contributed by atoms with Crippen LogP contribution < -0.4 is 15.8 Å². The fourth-order valence-corrected chi connectivity index (χ4v) is 2.28. The first-order valence-electron chi connectivity index (χ1n) is 8.11. The molecule has 6 heteroatoms. The lowest BCUT2D eigenvalue weighted by molar-refractivity contribution is -0.118. The molecule has 2 aromatic rings. The second-order valence-electron chi connectivity index (χ2n) is 6.02. The number of nitrogens with two attached hydrogens (primary N) is 1. The minimum atomic E-state index is -0.665. The Bertz CT molecular complexity index is 690. The van der Waals surface area contributed by atoms with Gasteiger partial charge < -0.3 is 20.5 Å². The molecule has 134 valence electrons. The van der Waals surface area contributed by atoms with Crippen LogP contribution in [0.1, 0.15) is 18.4 Å². The Kier molecular flexibility index (Phi) is 6.82. The van der Waals surface area contributed by atoms with Crippen LogP contribution in [0.3, 0.4) is 0 Å². The standard InChI is InChI=1S/C19H22N2O3.ClH/c20-19(9-10-19)18(22)21-16-6-4-5-15(13-16)14-23-11-12-24-17-7-2-1-3-8-17;/h1-8,13H,9-12,14,20H2,(H,21,22);1H. The van der Waals surface area contributed by atoms with Crippen molar-refractivity contribution in [2.24, 2.45) is 5.73 Å². The summed E-state index contributed by atoms with van der Waals surface area (Å²) in [6.07, 6.45) is 1.51. The van der Waals surface area contributed by atoms with E-state index in [-0.39, 0.29) is 18.3 Å². The minimum Gasteiger partial charge on any atom is -0.491 e. The summed E-state index contributed by atoms with van der Waals surface area (Å²) in [6, 6.07) is 17.3. The Morgan fingerprint density at radius 2 is 1.84 bits per heavy atom. The van der Waals surface area contributed by atoms with Crippen LogP contribution in [-0.4, -0.2) is 24.7 Å². The lowest BCUT2D eigenvalue weighted by Gasteiger charge is -2.11. The molecule has 5 nitrogen and oxygen atoms in total. The van der Waals surface area contributed by atoms with Crippen molar-refractivity contribution < 1.29 is 14.3 Å². The fraction of sp³-hybridized carbons (Fsp3) is 0.316. The second kappa shape index (κ2) is 8.85. The molecule has 1 aliphatic carbocycles. The van der Waals surface area contributed by atoms with Gasteiger partial charge in [0.2, 0.25) is 5.91 Å². The number of hydrogen-bond acceptors (Lipinski definition) is 4. The third kappa shape index (κ3) is 5.74. The van der Waals surface area contributed by atoms with Crippen molar-refractivity contribution in [1.29, 1.82) is 0 Å². The van der Waals surface area contributed by atoms with Crippen molar-refractivity contribution in [2.45, 2.75) is 25.0 Å². The van der Waals surface area contributed by atoms with Crippen molar-refractivity contribution >= 4 is 24.0 Å². The molecular weight excluding hydrogens is 340 g/mol. The van der Waals surface area contributed by atoms with Gasteiger partial charge in [-0.25, -0.2) is 0 Å². The number of carbonyl (C=O) groups is 1. The van der Waals surface area contributed by atoms with Gasteiger partial charge in [0, 0.05) is 5.69 Å². The van der Waals surface area contributed by atoms with Crippen molar-refractivity contribution in [2.75, 3.05) is 18.5 Å². The molecule has 0 spiro atoms. The summed E-state index contributed by atoms with van der Waals surface area (Å²) in [4.78, 5) is 12.0. The highest BCUT2D eigenvalue weighted by Gasteiger charge is 2.45.